The second kappa shape index (κ2) is 16.6. The van der Waals surface area contributed by atoms with E-state index in [2.05, 4.69) is 36.5 Å². The summed E-state index contributed by atoms with van der Waals surface area (Å²) < 4.78 is 0. The van der Waals surface area contributed by atoms with Gasteiger partial charge in [-0.2, -0.15) is 0 Å². The fraction of sp³-hybridized carbons (Fsp3) is 0.739. The SMILES string of the molecule is CCCCCCCCCCCCCC[C@H](O)CNCc1ccccc1. The van der Waals surface area contributed by atoms with Crippen LogP contribution in [0.5, 0.6) is 0 Å². The second-order valence-electron chi connectivity index (χ2n) is 7.45. The molecule has 0 saturated carbocycles. The van der Waals surface area contributed by atoms with Gasteiger partial charge in [0.1, 0.15) is 0 Å². The maximum Gasteiger partial charge on any atom is 0.0664 e. The Kier molecular flexibility index (Phi) is 14.7. The number of hydrogen-bond acceptors (Lipinski definition) is 2. The first-order valence-electron chi connectivity index (χ1n) is 10.8. The van der Waals surface area contributed by atoms with Crippen LogP contribution in [-0.2, 0) is 6.54 Å². The molecule has 1 atom stereocenters. The number of nitrogens with one attached hydrogen (secondary N) is 1. The average molecular weight is 348 g/mol. The molecule has 2 heteroatoms. The van der Waals surface area contributed by atoms with Crippen molar-refractivity contribution in [2.75, 3.05) is 6.54 Å². The number of aliphatic hydroxyl groups excluding tert-OH is 1. The lowest BCUT2D eigenvalue weighted by atomic mass is 10.0. The molecule has 144 valence electrons. The summed E-state index contributed by atoms with van der Waals surface area (Å²) in [6.07, 6.45) is 17.2. The molecule has 0 aliphatic rings. The summed E-state index contributed by atoms with van der Waals surface area (Å²) in [6.45, 7) is 3.82. The first kappa shape index (κ1) is 22.2. The summed E-state index contributed by atoms with van der Waals surface area (Å²) in [5, 5.41) is 13.4. The van der Waals surface area contributed by atoms with Crippen molar-refractivity contribution in [2.45, 2.75) is 103 Å². The Labute approximate surface area is 156 Å². The van der Waals surface area contributed by atoms with Crippen molar-refractivity contribution in [3.63, 3.8) is 0 Å². The van der Waals surface area contributed by atoms with E-state index >= 15 is 0 Å². The van der Waals surface area contributed by atoms with E-state index in [0.717, 1.165) is 19.4 Å². The van der Waals surface area contributed by atoms with E-state index in [1.165, 1.54) is 76.2 Å². The molecule has 2 N–H and O–H groups in total. The van der Waals surface area contributed by atoms with Crippen molar-refractivity contribution in [2.24, 2.45) is 0 Å². The van der Waals surface area contributed by atoms with Crippen LogP contribution in [0, 0.1) is 0 Å². The first-order chi connectivity index (χ1) is 12.3. The van der Waals surface area contributed by atoms with Crippen molar-refractivity contribution in [3.8, 4) is 0 Å². The minimum Gasteiger partial charge on any atom is -0.392 e. The quantitative estimate of drug-likeness (QED) is 0.327. The van der Waals surface area contributed by atoms with Crippen LogP contribution in [0.15, 0.2) is 30.3 Å². The van der Waals surface area contributed by atoms with Crippen molar-refractivity contribution < 1.29 is 5.11 Å². The molecule has 0 heterocycles. The Balaban J connectivity index is 1.80. The maximum absolute atomic E-state index is 10.0. The molecule has 1 rings (SSSR count). The third-order valence-corrected chi connectivity index (χ3v) is 4.94. The third-order valence-electron chi connectivity index (χ3n) is 4.94. The first-order valence-corrected chi connectivity index (χ1v) is 10.8. The van der Waals surface area contributed by atoms with Gasteiger partial charge >= 0.3 is 0 Å². The van der Waals surface area contributed by atoms with E-state index in [4.69, 9.17) is 0 Å². The summed E-state index contributed by atoms with van der Waals surface area (Å²) in [6, 6.07) is 10.4. The van der Waals surface area contributed by atoms with Gasteiger partial charge in [0.2, 0.25) is 0 Å². The molecule has 0 unspecified atom stereocenters. The van der Waals surface area contributed by atoms with Crippen LogP contribution in [0.4, 0.5) is 0 Å². The fourth-order valence-electron chi connectivity index (χ4n) is 3.30. The topological polar surface area (TPSA) is 32.3 Å². The zero-order valence-corrected chi connectivity index (χ0v) is 16.5. The maximum atomic E-state index is 10.0. The highest BCUT2D eigenvalue weighted by Crippen LogP contribution is 2.13. The van der Waals surface area contributed by atoms with Gasteiger partial charge in [-0.15, -0.1) is 0 Å². The number of aliphatic hydroxyl groups is 1. The van der Waals surface area contributed by atoms with Crippen molar-refractivity contribution in [1.82, 2.24) is 5.32 Å². The third kappa shape index (κ3) is 14.0. The highest BCUT2D eigenvalue weighted by molar-refractivity contribution is 5.14. The molecule has 0 aromatic heterocycles. The van der Waals surface area contributed by atoms with Crippen molar-refractivity contribution in [1.29, 1.82) is 0 Å². The Morgan fingerprint density at radius 2 is 1.28 bits per heavy atom. The minimum atomic E-state index is -0.202. The molecule has 0 aliphatic heterocycles. The fourth-order valence-corrected chi connectivity index (χ4v) is 3.30. The molecule has 1 aromatic rings. The number of rotatable bonds is 17. The van der Waals surface area contributed by atoms with Gasteiger partial charge in [-0.05, 0) is 12.0 Å². The zero-order valence-electron chi connectivity index (χ0n) is 16.5. The lowest BCUT2D eigenvalue weighted by Crippen LogP contribution is -2.26. The summed E-state index contributed by atoms with van der Waals surface area (Å²) in [7, 11) is 0. The molecular weight excluding hydrogens is 306 g/mol. The summed E-state index contributed by atoms with van der Waals surface area (Å²) in [5.74, 6) is 0. The predicted octanol–water partition coefficient (Wildman–Crippen LogP) is 6.23. The van der Waals surface area contributed by atoms with E-state index in [9.17, 15) is 5.11 Å². The summed E-state index contributed by atoms with van der Waals surface area (Å²) in [4.78, 5) is 0. The smallest absolute Gasteiger partial charge is 0.0664 e. The highest BCUT2D eigenvalue weighted by atomic mass is 16.3. The van der Waals surface area contributed by atoms with Gasteiger partial charge in [0.15, 0.2) is 0 Å². The van der Waals surface area contributed by atoms with Crippen LogP contribution in [0.3, 0.4) is 0 Å². The largest absolute Gasteiger partial charge is 0.392 e. The van der Waals surface area contributed by atoms with Crippen LogP contribution in [-0.4, -0.2) is 17.8 Å². The zero-order chi connectivity index (χ0) is 18.0. The molecule has 1 aromatic carbocycles. The lowest BCUT2D eigenvalue weighted by molar-refractivity contribution is 0.157. The van der Waals surface area contributed by atoms with Crippen LogP contribution in [0.25, 0.3) is 0 Å². The van der Waals surface area contributed by atoms with Crippen molar-refractivity contribution >= 4 is 0 Å². The number of benzene rings is 1. The van der Waals surface area contributed by atoms with E-state index < -0.39 is 0 Å². The van der Waals surface area contributed by atoms with E-state index in [-0.39, 0.29) is 6.10 Å². The summed E-state index contributed by atoms with van der Waals surface area (Å²) in [5.41, 5.74) is 1.28. The van der Waals surface area contributed by atoms with Gasteiger partial charge in [0.05, 0.1) is 6.10 Å². The highest BCUT2D eigenvalue weighted by Gasteiger charge is 2.03. The lowest BCUT2D eigenvalue weighted by Gasteiger charge is -2.11. The Morgan fingerprint density at radius 3 is 1.84 bits per heavy atom. The predicted molar refractivity (Wildman–Crippen MR) is 110 cm³/mol. The number of unbranched alkanes of at least 4 members (excludes halogenated alkanes) is 11. The van der Waals surface area contributed by atoms with Crippen molar-refractivity contribution in [3.05, 3.63) is 35.9 Å². The molecule has 2 nitrogen and oxygen atoms in total. The normalized spacial score (nSPS) is 12.4. The number of hydrogen-bond donors (Lipinski definition) is 2. The monoisotopic (exact) mass is 347 g/mol. The Hall–Kier alpha value is -0.860. The molecule has 0 radical (unpaired) electrons. The van der Waals surface area contributed by atoms with Gasteiger partial charge in [0, 0.05) is 13.1 Å². The van der Waals surface area contributed by atoms with E-state index in [1.807, 2.05) is 6.07 Å². The molecule has 0 fully saturated rings. The second-order valence-corrected chi connectivity index (χ2v) is 7.45. The molecule has 0 aliphatic carbocycles. The summed E-state index contributed by atoms with van der Waals surface area (Å²) >= 11 is 0. The molecule has 0 bridgehead atoms. The standard InChI is InChI=1S/C23H41NO/c1-2-3-4-5-6-7-8-9-10-11-12-16-19-23(25)21-24-20-22-17-14-13-15-18-22/h13-15,17-18,23-25H,2-12,16,19-21H2,1H3/t23-/m0/s1. The van der Waals surface area contributed by atoms with Crippen LogP contribution < -0.4 is 5.32 Å². The van der Waals surface area contributed by atoms with Crippen LogP contribution in [0.2, 0.25) is 0 Å². The van der Waals surface area contributed by atoms with Gasteiger partial charge in [-0.3, -0.25) is 0 Å². The van der Waals surface area contributed by atoms with Gasteiger partial charge in [-0.25, -0.2) is 0 Å². The molecule has 0 amide bonds. The molecule has 0 spiro atoms. The van der Waals surface area contributed by atoms with E-state index in [1.54, 1.807) is 0 Å². The van der Waals surface area contributed by atoms with E-state index in [0.29, 0.717) is 6.54 Å². The van der Waals surface area contributed by atoms with Gasteiger partial charge in [-0.1, -0.05) is 114 Å². The Morgan fingerprint density at radius 1 is 0.760 bits per heavy atom. The average Bonchev–Trinajstić information content (AvgIpc) is 2.63. The Bertz CT molecular complexity index is 379. The molecule has 0 saturated heterocycles. The van der Waals surface area contributed by atoms with Crippen LogP contribution in [0.1, 0.15) is 96.0 Å². The van der Waals surface area contributed by atoms with Gasteiger partial charge in [0.25, 0.3) is 0 Å². The molecule has 25 heavy (non-hydrogen) atoms. The minimum absolute atomic E-state index is 0.202. The van der Waals surface area contributed by atoms with Gasteiger partial charge < -0.3 is 10.4 Å². The van der Waals surface area contributed by atoms with Crippen LogP contribution >= 0.6 is 0 Å². The molecular formula is C23H41NO.